The molecular weight excluding hydrogens is 626 g/mol. The van der Waals surface area contributed by atoms with Crippen LogP contribution in [-0.4, -0.2) is 108 Å². The number of esters is 1. The second kappa shape index (κ2) is 17.6. The number of carbonyl (C=O) groups excluding carboxylic acids is 6. The van der Waals surface area contributed by atoms with E-state index in [0.29, 0.717) is 19.4 Å². The lowest BCUT2D eigenvalue weighted by Crippen LogP contribution is -2.60. The van der Waals surface area contributed by atoms with E-state index in [1.54, 1.807) is 14.1 Å². The average Bonchev–Trinajstić information content (AvgIpc) is 3.42. The summed E-state index contributed by atoms with van der Waals surface area (Å²) in [4.78, 5) is 87.5. The maximum atomic E-state index is 14.4. The third-order valence-electron chi connectivity index (χ3n) is 9.47. The van der Waals surface area contributed by atoms with Crippen molar-refractivity contribution in [3.05, 3.63) is 35.9 Å². The van der Waals surface area contributed by atoms with Crippen molar-refractivity contribution in [3.63, 3.8) is 0 Å². The van der Waals surface area contributed by atoms with E-state index in [9.17, 15) is 28.8 Å². The number of hydrogen-bond acceptors (Lipinski definition) is 7. The van der Waals surface area contributed by atoms with Crippen molar-refractivity contribution >= 4 is 35.5 Å². The summed E-state index contributed by atoms with van der Waals surface area (Å²) in [7, 11) is 3.11. The first-order chi connectivity index (χ1) is 23.0. The van der Waals surface area contributed by atoms with E-state index in [4.69, 9.17) is 4.74 Å². The van der Waals surface area contributed by atoms with Crippen LogP contribution in [0.3, 0.4) is 0 Å². The quantitative estimate of drug-likeness (QED) is 0.421. The van der Waals surface area contributed by atoms with Crippen LogP contribution < -0.4 is 10.6 Å². The van der Waals surface area contributed by atoms with Gasteiger partial charge in [-0.05, 0) is 48.5 Å². The topological polar surface area (TPSA) is 145 Å². The maximum Gasteiger partial charge on any atom is 0.308 e. The Labute approximate surface area is 291 Å². The summed E-state index contributed by atoms with van der Waals surface area (Å²) in [6.07, 6.45) is 0.0503. The Balaban J connectivity index is 2.11. The van der Waals surface area contributed by atoms with Crippen molar-refractivity contribution < 1.29 is 33.5 Å². The van der Waals surface area contributed by atoms with E-state index in [1.807, 2.05) is 78.8 Å². The van der Waals surface area contributed by atoms with Crippen LogP contribution in [0.25, 0.3) is 0 Å². The summed E-state index contributed by atoms with van der Waals surface area (Å²) in [5, 5.41) is 5.74. The van der Waals surface area contributed by atoms with Gasteiger partial charge in [0, 0.05) is 33.6 Å². The molecule has 272 valence electrons. The summed E-state index contributed by atoms with van der Waals surface area (Å²) in [6.45, 7) is 13.5. The van der Waals surface area contributed by atoms with E-state index in [-0.39, 0.29) is 49.5 Å². The summed E-state index contributed by atoms with van der Waals surface area (Å²) in [5.74, 6) is -3.37. The fourth-order valence-corrected chi connectivity index (χ4v) is 6.87. The van der Waals surface area contributed by atoms with Crippen molar-refractivity contribution in [2.24, 2.45) is 23.7 Å². The number of carbonyl (C=O) groups is 6. The molecule has 3 rings (SSSR count). The zero-order chi connectivity index (χ0) is 36.6. The zero-order valence-electron chi connectivity index (χ0n) is 30.7. The normalized spacial score (nSPS) is 27.1. The molecule has 2 N–H and O–H groups in total. The molecule has 1 aromatic rings. The van der Waals surface area contributed by atoms with Gasteiger partial charge in [0.25, 0.3) is 5.91 Å². The minimum Gasteiger partial charge on any atom is -0.452 e. The highest BCUT2D eigenvalue weighted by molar-refractivity contribution is 5.96. The number of cyclic esters (lactones) is 1. The van der Waals surface area contributed by atoms with Gasteiger partial charge < -0.3 is 30.1 Å². The maximum absolute atomic E-state index is 14.4. The molecule has 2 heterocycles. The predicted molar refractivity (Wildman–Crippen MR) is 186 cm³/mol. The van der Waals surface area contributed by atoms with Gasteiger partial charge in [0.1, 0.15) is 24.2 Å². The zero-order valence-corrected chi connectivity index (χ0v) is 30.7. The number of hydrogen-bond donors (Lipinski definition) is 2. The molecule has 0 aromatic heterocycles. The lowest BCUT2D eigenvalue weighted by Gasteiger charge is -2.38. The van der Waals surface area contributed by atoms with Crippen molar-refractivity contribution in [2.75, 3.05) is 27.2 Å². The highest BCUT2D eigenvalue weighted by Crippen LogP contribution is 2.27. The molecule has 12 heteroatoms. The van der Waals surface area contributed by atoms with Gasteiger partial charge in [-0.25, -0.2) is 0 Å². The van der Waals surface area contributed by atoms with Crippen molar-refractivity contribution in [1.82, 2.24) is 25.3 Å². The molecule has 0 aliphatic carbocycles. The van der Waals surface area contributed by atoms with Crippen molar-refractivity contribution in [1.29, 1.82) is 0 Å². The summed E-state index contributed by atoms with van der Waals surface area (Å²) in [6, 6.07) is 5.54. The van der Waals surface area contributed by atoms with Crippen molar-refractivity contribution in [2.45, 2.75) is 111 Å². The first-order valence-corrected chi connectivity index (χ1v) is 17.7. The predicted octanol–water partition coefficient (Wildman–Crippen LogP) is 2.78. The van der Waals surface area contributed by atoms with Gasteiger partial charge in [-0.3, -0.25) is 28.8 Å². The van der Waals surface area contributed by atoms with E-state index < -0.39 is 65.8 Å². The molecule has 0 saturated carbocycles. The number of ether oxygens (including phenoxy) is 1. The molecule has 2 saturated heterocycles. The molecule has 12 nitrogen and oxygen atoms in total. The van der Waals surface area contributed by atoms with Gasteiger partial charge in [-0.15, -0.1) is 0 Å². The Kier molecular flexibility index (Phi) is 14.2. The molecule has 0 spiro atoms. The molecule has 5 amide bonds. The van der Waals surface area contributed by atoms with Crippen molar-refractivity contribution in [3.8, 4) is 0 Å². The molecule has 2 aliphatic heterocycles. The monoisotopic (exact) mass is 683 g/mol. The van der Waals surface area contributed by atoms with Gasteiger partial charge in [-0.2, -0.15) is 0 Å². The summed E-state index contributed by atoms with van der Waals surface area (Å²) in [5.41, 5.74) is 0.808. The Hall–Kier alpha value is -3.96. The Morgan fingerprint density at radius 2 is 1.45 bits per heavy atom. The summed E-state index contributed by atoms with van der Waals surface area (Å²) < 4.78 is 5.72. The molecule has 1 aromatic carbocycles. The molecule has 2 aliphatic rings. The molecule has 49 heavy (non-hydrogen) atoms. The lowest BCUT2D eigenvalue weighted by molar-refractivity contribution is -0.162. The number of benzene rings is 1. The minimum absolute atomic E-state index is 0.0116. The minimum atomic E-state index is -1.11. The lowest BCUT2D eigenvalue weighted by atomic mass is 9.96. The van der Waals surface area contributed by atoms with Crippen LogP contribution >= 0.6 is 0 Å². The van der Waals surface area contributed by atoms with E-state index >= 15 is 0 Å². The first-order valence-electron chi connectivity index (χ1n) is 17.7. The number of fused-ring (bicyclic) bond motifs is 1. The Morgan fingerprint density at radius 1 is 0.816 bits per heavy atom. The van der Waals surface area contributed by atoms with Gasteiger partial charge in [0.05, 0.1) is 6.42 Å². The second-order valence-corrected chi connectivity index (χ2v) is 14.9. The van der Waals surface area contributed by atoms with Gasteiger partial charge in [0.2, 0.25) is 23.6 Å². The van der Waals surface area contributed by atoms with Gasteiger partial charge in [-0.1, -0.05) is 78.8 Å². The fourth-order valence-electron chi connectivity index (χ4n) is 6.87. The van der Waals surface area contributed by atoms with Crippen LogP contribution in [0, 0.1) is 23.7 Å². The second-order valence-electron chi connectivity index (χ2n) is 14.9. The number of nitrogens with one attached hydrogen (secondary N) is 2. The van der Waals surface area contributed by atoms with Crippen LogP contribution in [0.2, 0.25) is 0 Å². The van der Waals surface area contributed by atoms with Crippen LogP contribution in [0.1, 0.15) is 79.7 Å². The Morgan fingerprint density at radius 3 is 2.04 bits per heavy atom. The van der Waals surface area contributed by atoms with Gasteiger partial charge in [0.15, 0.2) is 6.10 Å². The molecule has 6 atom stereocenters. The Bertz CT molecular complexity index is 1330. The van der Waals surface area contributed by atoms with Crippen LogP contribution in [-0.2, 0) is 39.9 Å². The van der Waals surface area contributed by atoms with Crippen LogP contribution in [0.15, 0.2) is 30.3 Å². The van der Waals surface area contributed by atoms with Gasteiger partial charge >= 0.3 is 5.97 Å². The number of likely N-dealkylation sites (N-methyl/N-ethyl adjacent to an activating group) is 2. The summed E-state index contributed by atoms with van der Waals surface area (Å²) >= 11 is 0. The van der Waals surface area contributed by atoms with Crippen LogP contribution in [0.4, 0.5) is 0 Å². The van der Waals surface area contributed by atoms with E-state index in [1.165, 1.54) is 14.7 Å². The highest BCUT2D eigenvalue weighted by Gasteiger charge is 2.45. The standard InChI is InChI=1S/C37H57N5O7/c1-22(2)19-28-33(44)38-17-15-30(43)49-29(20-23(3)4)36(47)42-18-16-25(7)32(42)34(45)39-27(21-26-13-11-10-12-14-26)35(46)41(9)31(24(5)6)37(48)40(28)8/h10-14,22-25,27-29,31-32H,15-21H2,1-9H3,(H,38,44)(H,39,45)/t25?,27-,28-,29?,31-,32-/m0/s1. The van der Waals surface area contributed by atoms with E-state index in [0.717, 1.165) is 5.56 Å². The van der Waals surface area contributed by atoms with Crippen LogP contribution in [0.5, 0.6) is 0 Å². The average molecular weight is 684 g/mol. The molecule has 0 bridgehead atoms. The molecule has 0 radical (unpaired) electrons. The number of rotatable bonds is 7. The first kappa shape index (κ1) is 39.5. The third-order valence-corrected chi connectivity index (χ3v) is 9.47. The molecule has 2 fully saturated rings. The number of amides is 5. The van der Waals surface area contributed by atoms with E-state index in [2.05, 4.69) is 10.6 Å². The smallest absolute Gasteiger partial charge is 0.308 e. The largest absolute Gasteiger partial charge is 0.452 e. The molecular formula is C37H57N5O7. The highest BCUT2D eigenvalue weighted by atomic mass is 16.5. The SMILES string of the molecule is CC(C)CC1OC(=O)CCNC(=O)[C@H](CC(C)C)N(C)C(=O)[C@H](C(C)C)N(C)C(=O)[C@H](Cc2ccccc2)NC(=O)[C@@H]2C(C)CCN2C1=O. The molecule has 2 unspecified atom stereocenters. The fraction of sp³-hybridized carbons (Fsp3) is 0.676. The number of nitrogens with zero attached hydrogens (tertiary/aromatic N) is 3. The third kappa shape index (κ3) is 10.3.